The van der Waals surface area contributed by atoms with Crippen LogP contribution in [0.25, 0.3) is 5.52 Å². The molecule has 0 amide bonds. The Morgan fingerprint density at radius 1 is 1.35 bits per heavy atom. The van der Waals surface area contributed by atoms with Gasteiger partial charge in [0, 0.05) is 12.2 Å². The summed E-state index contributed by atoms with van der Waals surface area (Å²) in [5.74, 6) is 1.20. The molecule has 0 aromatic carbocycles. The Morgan fingerprint density at radius 3 is 3.06 bits per heavy atom. The molecule has 1 unspecified atom stereocenters. The fourth-order valence-electron chi connectivity index (χ4n) is 2.90. The van der Waals surface area contributed by atoms with Crippen molar-refractivity contribution in [3.05, 3.63) is 36.4 Å². The number of aromatic nitrogens is 2. The van der Waals surface area contributed by atoms with E-state index in [2.05, 4.69) is 52.5 Å². The van der Waals surface area contributed by atoms with E-state index in [0.29, 0.717) is 12.1 Å². The Morgan fingerprint density at radius 2 is 2.24 bits per heavy atom. The van der Waals surface area contributed by atoms with Crippen molar-refractivity contribution in [3.8, 4) is 0 Å². The van der Waals surface area contributed by atoms with Crippen LogP contribution < -0.4 is 0 Å². The van der Waals surface area contributed by atoms with Gasteiger partial charge in [0.15, 0.2) is 0 Å². The normalized spacial score (nSPS) is 21.7. The Hall–Kier alpha value is -1.35. The van der Waals surface area contributed by atoms with E-state index in [9.17, 15) is 0 Å². The molecule has 0 bridgehead atoms. The lowest BCUT2D eigenvalue weighted by Gasteiger charge is -2.27. The van der Waals surface area contributed by atoms with Crippen LogP contribution in [0.4, 0.5) is 0 Å². The van der Waals surface area contributed by atoms with Gasteiger partial charge in [-0.25, -0.2) is 4.98 Å². The highest BCUT2D eigenvalue weighted by atomic mass is 15.2. The SMILES string of the molecule is CC(C)N1CCCC1c1ncc2ccccn12. The zero-order chi connectivity index (χ0) is 11.8. The summed E-state index contributed by atoms with van der Waals surface area (Å²) >= 11 is 0. The highest BCUT2D eigenvalue weighted by Gasteiger charge is 2.30. The summed E-state index contributed by atoms with van der Waals surface area (Å²) < 4.78 is 2.23. The molecule has 1 fully saturated rings. The zero-order valence-electron chi connectivity index (χ0n) is 10.5. The van der Waals surface area contributed by atoms with Crippen molar-refractivity contribution < 1.29 is 0 Å². The van der Waals surface area contributed by atoms with Crippen LogP contribution >= 0.6 is 0 Å². The third-order valence-corrected chi connectivity index (χ3v) is 3.72. The van der Waals surface area contributed by atoms with E-state index in [-0.39, 0.29) is 0 Å². The second-order valence-electron chi connectivity index (χ2n) is 5.10. The van der Waals surface area contributed by atoms with E-state index < -0.39 is 0 Å². The molecule has 1 aliphatic heterocycles. The number of hydrogen-bond acceptors (Lipinski definition) is 2. The molecule has 1 saturated heterocycles. The molecule has 0 aliphatic carbocycles. The first-order valence-corrected chi connectivity index (χ1v) is 6.45. The Bertz CT molecular complexity index is 515. The predicted octanol–water partition coefficient (Wildman–Crippen LogP) is 2.88. The molecule has 2 aromatic rings. The van der Waals surface area contributed by atoms with E-state index >= 15 is 0 Å². The lowest BCUT2D eigenvalue weighted by molar-refractivity contribution is 0.198. The third kappa shape index (κ3) is 1.75. The fraction of sp³-hybridized carbons (Fsp3) is 0.500. The number of nitrogens with zero attached hydrogens (tertiary/aromatic N) is 3. The highest BCUT2D eigenvalue weighted by molar-refractivity contribution is 5.45. The Kier molecular flexibility index (Phi) is 2.63. The van der Waals surface area contributed by atoms with Crippen molar-refractivity contribution in [2.24, 2.45) is 0 Å². The molecule has 0 spiro atoms. The first kappa shape index (κ1) is 10.8. The lowest BCUT2D eigenvalue weighted by atomic mass is 10.2. The summed E-state index contributed by atoms with van der Waals surface area (Å²) in [6.07, 6.45) is 6.61. The molecule has 0 N–H and O–H groups in total. The second-order valence-corrected chi connectivity index (χ2v) is 5.10. The van der Waals surface area contributed by atoms with Crippen molar-refractivity contribution in [2.75, 3.05) is 6.54 Å². The predicted molar refractivity (Wildman–Crippen MR) is 69.0 cm³/mol. The molecule has 0 saturated carbocycles. The summed E-state index contributed by atoms with van der Waals surface area (Å²) in [5.41, 5.74) is 1.19. The topological polar surface area (TPSA) is 20.5 Å². The van der Waals surface area contributed by atoms with Gasteiger partial charge in [-0.05, 0) is 45.4 Å². The van der Waals surface area contributed by atoms with Crippen LogP contribution in [0.15, 0.2) is 30.6 Å². The summed E-state index contributed by atoms with van der Waals surface area (Å²) in [5, 5.41) is 0. The van der Waals surface area contributed by atoms with Crippen LogP contribution in [0.3, 0.4) is 0 Å². The van der Waals surface area contributed by atoms with Gasteiger partial charge in [-0.1, -0.05) is 6.07 Å². The summed E-state index contributed by atoms with van der Waals surface area (Å²) in [6, 6.07) is 7.34. The van der Waals surface area contributed by atoms with Crippen LogP contribution in [-0.4, -0.2) is 26.9 Å². The summed E-state index contributed by atoms with van der Waals surface area (Å²) in [6.45, 7) is 5.74. The molecule has 3 nitrogen and oxygen atoms in total. The number of likely N-dealkylation sites (tertiary alicyclic amines) is 1. The molecule has 90 valence electrons. The highest BCUT2D eigenvalue weighted by Crippen LogP contribution is 2.32. The fourth-order valence-corrected chi connectivity index (χ4v) is 2.90. The van der Waals surface area contributed by atoms with Gasteiger partial charge in [-0.2, -0.15) is 0 Å². The molecule has 2 aromatic heterocycles. The Balaban J connectivity index is 2.03. The van der Waals surface area contributed by atoms with Crippen molar-refractivity contribution in [3.63, 3.8) is 0 Å². The van der Waals surface area contributed by atoms with E-state index in [1.807, 2.05) is 6.20 Å². The molecular weight excluding hydrogens is 210 g/mol. The van der Waals surface area contributed by atoms with Gasteiger partial charge in [0.25, 0.3) is 0 Å². The molecule has 1 aliphatic rings. The largest absolute Gasteiger partial charge is 0.302 e. The lowest BCUT2D eigenvalue weighted by Crippen LogP contribution is -2.31. The van der Waals surface area contributed by atoms with Crippen molar-refractivity contribution in [1.29, 1.82) is 0 Å². The van der Waals surface area contributed by atoms with Crippen molar-refractivity contribution in [1.82, 2.24) is 14.3 Å². The number of pyridine rings is 1. The van der Waals surface area contributed by atoms with Crippen molar-refractivity contribution >= 4 is 5.52 Å². The van der Waals surface area contributed by atoms with Gasteiger partial charge in [0.05, 0.1) is 17.8 Å². The smallest absolute Gasteiger partial charge is 0.130 e. The van der Waals surface area contributed by atoms with Crippen molar-refractivity contribution in [2.45, 2.75) is 38.8 Å². The van der Waals surface area contributed by atoms with Crippen LogP contribution in [0, 0.1) is 0 Å². The minimum atomic E-state index is 0.486. The van der Waals surface area contributed by atoms with E-state index in [1.165, 1.54) is 30.7 Å². The van der Waals surface area contributed by atoms with Gasteiger partial charge < -0.3 is 4.40 Å². The van der Waals surface area contributed by atoms with Gasteiger partial charge in [-0.3, -0.25) is 4.90 Å². The van der Waals surface area contributed by atoms with E-state index in [4.69, 9.17) is 0 Å². The van der Waals surface area contributed by atoms with Gasteiger partial charge in [0.1, 0.15) is 5.82 Å². The van der Waals surface area contributed by atoms with Crippen LogP contribution in [-0.2, 0) is 0 Å². The first-order chi connectivity index (χ1) is 8.27. The number of imidazole rings is 1. The molecule has 3 heteroatoms. The molecule has 17 heavy (non-hydrogen) atoms. The first-order valence-electron chi connectivity index (χ1n) is 6.45. The van der Waals surface area contributed by atoms with Gasteiger partial charge in [-0.15, -0.1) is 0 Å². The molecule has 3 heterocycles. The maximum absolute atomic E-state index is 4.63. The monoisotopic (exact) mass is 229 g/mol. The molecule has 0 radical (unpaired) electrons. The van der Waals surface area contributed by atoms with E-state index in [1.54, 1.807) is 0 Å². The summed E-state index contributed by atoms with van der Waals surface area (Å²) in [4.78, 5) is 7.19. The molecule has 1 atom stereocenters. The number of hydrogen-bond donors (Lipinski definition) is 0. The maximum Gasteiger partial charge on any atom is 0.130 e. The molecular formula is C14H19N3. The maximum atomic E-state index is 4.63. The van der Waals surface area contributed by atoms with Crippen LogP contribution in [0.2, 0.25) is 0 Å². The van der Waals surface area contributed by atoms with Crippen LogP contribution in [0.1, 0.15) is 38.6 Å². The minimum Gasteiger partial charge on any atom is -0.302 e. The Labute approximate surface area is 102 Å². The van der Waals surface area contributed by atoms with Crippen LogP contribution in [0.5, 0.6) is 0 Å². The zero-order valence-corrected chi connectivity index (χ0v) is 10.5. The molecule has 3 rings (SSSR count). The number of fused-ring (bicyclic) bond motifs is 1. The second kappa shape index (κ2) is 4.15. The average molecular weight is 229 g/mol. The van der Waals surface area contributed by atoms with Gasteiger partial charge in [0.2, 0.25) is 0 Å². The van der Waals surface area contributed by atoms with Gasteiger partial charge >= 0.3 is 0 Å². The quantitative estimate of drug-likeness (QED) is 0.789. The summed E-state index contributed by atoms with van der Waals surface area (Å²) in [7, 11) is 0. The average Bonchev–Trinajstić information content (AvgIpc) is 2.94. The van der Waals surface area contributed by atoms with E-state index in [0.717, 1.165) is 0 Å². The number of rotatable bonds is 2. The standard InChI is InChI=1S/C14H19N3/c1-11(2)16-9-5-7-13(16)14-15-10-12-6-3-4-8-17(12)14/h3-4,6,8,10-11,13H,5,7,9H2,1-2H3. The third-order valence-electron chi connectivity index (χ3n) is 3.72. The minimum absolute atomic E-state index is 0.486.